The molecule has 1 aromatic rings. The lowest BCUT2D eigenvalue weighted by molar-refractivity contribution is -0.142. The number of hydrogen-bond acceptors (Lipinski definition) is 5. The third kappa shape index (κ3) is 4.79. The number of carbonyl (C=O) groups excluding carboxylic acids is 1. The molecule has 1 unspecified atom stereocenters. The first-order valence-corrected chi connectivity index (χ1v) is 9.96. The minimum atomic E-state index is -3.68. The summed E-state index contributed by atoms with van der Waals surface area (Å²) in [6, 6.07) is 7.66. The number of rotatable bonds is 6. The number of carbonyl (C=O) groups is 2. The maximum atomic E-state index is 12.4. The number of carboxylic acids is 1. The Morgan fingerprint density at radius 2 is 1.91 bits per heavy atom. The second-order valence-electron chi connectivity index (χ2n) is 5.28. The van der Waals surface area contributed by atoms with Crippen LogP contribution in [-0.2, 0) is 14.8 Å². The average Bonchev–Trinajstić information content (AvgIpc) is 2.55. The molecule has 0 saturated carbocycles. The lowest BCUT2D eigenvalue weighted by Gasteiger charge is -2.31. The van der Waals surface area contributed by atoms with Crippen molar-refractivity contribution in [2.75, 3.05) is 18.1 Å². The molecule has 0 radical (unpaired) electrons. The molecule has 0 spiro atoms. The number of piperidine rings is 1. The van der Waals surface area contributed by atoms with Crippen molar-refractivity contribution in [3.8, 4) is 0 Å². The van der Waals surface area contributed by atoms with E-state index in [1.165, 1.54) is 0 Å². The number of carboxylic acid groups (broad SMARTS) is 1. The molecule has 23 heavy (non-hydrogen) atoms. The van der Waals surface area contributed by atoms with Crippen molar-refractivity contribution in [1.82, 2.24) is 4.31 Å². The second-order valence-corrected chi connectivity index (χ2v) is 8.39. The highest BCUT2D eigenvalue weighted by Gasteiger charge is 2.36. The summed E-state index contributed by atoms with van der Waals surface area (Å²) < 4.78 is 25.8. The largest absolute Gasteiger partial charge is 0.480 e. The van der Waals surface area contributed by atoms with Crippen LogP contribution < -0.4 is 0 Å². The van der Waals surface area contributed by atoms with E-state index in [0.29, 0.717) is 24.8 Å². The highest BCUT2D eigenvalue weighted by Crippen LogP contribution is 2.22. The van der Waals surface area contributed by atoms with Crippen LogP contribution in [-0.4, -0.2) is 53.0 Å². The molecule has 1 saturated heterocycles. The van der Waals surface area contributed by atoms with Crippen molar-refractivity contribution in [2.24, 2.45) is 0 Å². The zero-order chi connectivity index (χ0) is 16.9. The summed E-state index contributed by atoms with van der Waals surface area (Å²) in [5.74, 6) is -1.24. The Kier molecular flexibility index (Phi) is 6.20. The Balaban J connectivity index is 1.93. The first kappa shape index (κ1) is 18.0. The fourth-order valence-corrected chi connectivity index (χ4v) is 5.39. The zero-order valence-electron chi connectivity index (χ0n) is 12.6. The van der Waals surface area contributed by atoms with Gasteiger partial charge >= 0.3 is 5.97 Å². The smallest absolute Gasteiger partial charge is 0.322 e. The van der Waals surface area contributed by atoms with Crippen molar-refractivity contribution in [1.29, 1.82) is 0 Å². The molecule has 126 valence electrons. The van der Waals surface area contributed by atoms with Crippen molar-refractivity contribution in [3.05, 3.63) is 35.9 Å². The van der Waals surface area contributed by atoms with Crippen LogP contribution in [0.25, 0.3) is 0 Å². The van der Waals surface area contributed by atoms with Crippen LogP contribution in [0.1, 0.15) is 29.6 Å². The normalized spacial score (nSPS) is 19.4. The number of aliphatic carboxylic acids is 1. The van der Waals surface area contributed by atoms with Gasteiger partial charge in [0.2, 0.25) is 15.1 Å². The molecule has 1 atom stereocenters. The molecule has 1 aromatic carbocycles. The van der Waals surface area contributed by atoms with Crippen LogP contribution in [0.4, 0.5) is 0 Å². The number of hydrogen-bond donors (Lipinski definition) is 1. The van der Waals surface area contributed by atoms with Gasteiger partial charge in [-0.15, -0.1) is 0 Å². The van der Waals surface area contributed by atoms with Crippen LogP contribution in [0.2, 0.25) is 0 Å². The van der Waals surface area contributed by atoms with Crippen molar-refractivity contribution in [3.63, 3.8) is 0 Å². The van der Waals surface area contributed by atoms with Crippen LogP contribution in [0, 0.1) is 0 Å². The fourth-order valence-electron chi connectivity index (χ4n) is 2.50. The van der Waals surface area contributed by atoms with Gasteiger partial charge in [-0.1, -0.05) is 42.1 Å². The Morgan fingerprint density at radius 1 is 1.22 bits per heavy atom. The standard InChI is InChI=1S/C15H19NO5S2/c17-14(18)13-8-4-5-9-16(13)23(20,21)11-10-22-15(19)12-6-2-1-3-7-12/h1-3,6-7,13H,4-5,8-11H2,(H,17,18). The summed E-state index contributed by atoms with van der Waals surface area (Å²) in [5.41, 5.74) is 0.524. The van der Waals surface area contributed by atoms with Crippen molar-refractivity contribution < 1.29 is 23.1 Å². The summed E-state index contributed by atoms with van der Waals surface area (Å²) in [6.07, 6.45) is 1.72. The molecular formula is C15H19NO5S2. The lowest BCUT2D eigenvalue weighted by Crippen LogP contribution is -2.48. The molecule has 2 rings (SSSR count). The molecule has 1 heterocycles. The van der Waals surface area contributed by atoms with Crippen molar-refractivity contribution >= 4 is 32.9 Å². The topological polar surface area (TPSA) is 91.8 Å². The molecule has 1 aliphatic rings. The molecule has 0 aromatic heterocycles. The molecule has 0 aliphatic carbocycles. The van der Waals surface area contributed by atoms with E-state index in [4.69, 9.17) is 5.11 Å². The number of sulfonamides is 1. The Bertz CT molecular complexity index is 660. The van der Waals surface area contributed by atoms with E-state index in [2.05, 4.69) is 0 Å². The molecule has 1 N–H and O–H groups in total. The second kappa shape index (κ2) is 7.94. The van der Waals surface area contributed by atoms with Crippen molar-refractivity contribution in [2.45, 2.75) is 25.3 Å². The molecule has 8 heteroatoms. The zero-order valence-corrected chi connectivity index (χ0v) is 14.2. The van der Waals surface area contributed by atoms with Gasteiger partial charge in [0.25, 0.3) is 0 Å². The van der Waals surface area contributed by atoms with E-state index < -0.39 is 22.0 Å². The summed E-state index contributed by atoms with van der Waals surface area (Å²) in [6.45, 7) is 0.233. The number of benzene rings is 1. The van der Waals surface area contributed by atoms with Gasteiger partial charge in [0.15, 0.2) is 0 Å². The minimum absolute atomic E-state index is 0.110. The molecule has 0 amide bonds. The van der Waals surface area contributed by atoms with E-state index >= 15 is 0 Å². The molecule has 1 fully saturated rings. The Hall–Kier alpha value is -1.38. The molecule has 6 nitrogen and oxygen atoms in total. The van der Waals surface area contributed by atoms with Gasteiger partial charge in [0.1, 0.15) is 6.04 Å². The van der Waals surface area contributed by atoms with E-state index in [1.807, 2.05) is 0 Å². The van der Waals surface area contributed by atoms with E-state index in [1.54, 1.807) is 30.3 Å². The summed E-state index contributed by atoms with van der Waals surface area (Å²) in [5, 5.41) is 8.98. The van der Waals surface area contributed by atoms with Gasteiger partial charge in [0, 0.05) is 17.9 Å². The summed E-state index contributed by atoms with van der Waals surface area (Å²) >= 11 is 0.938. The highest BCUT2D eigenvalue weighted by molar-refractivity contribution is 8.14. The van der Waals surface area contributed by atoms with Crippen LogP contribution in [0.15, 0.2) is 30.3 Å². The highest BCUT2D eigenvalue weighted by atomic mass is 32.2. The van der Waals surface area contributed by atoms with Gasteiger partial charge in [-0.25, -0.2) is 8.42 Å². The average molecular weight is 357 g/mol. The van der Waals surface area contributed by atoms with Crippen LogP contribution in [0.5, 0.6) is 0 Å². The van der Waals surface area contributed by atoms with E-state index in [9.17, 15) is 18.0 Å². The first-order valence-electron chi connectivity index (χ1n) is 7.36. The van der Waals surface area contributed by atoms with E-state index in [0.717, 1.165) is 16.1 Å². The van der Waals surface area contributed by atoms with E-state index in [-0.39, 0.29) is 23.2 Å². The van der Waals surface area contributed by atoms with Crippen LogP contribution >= 0.6 is 11.8 Å². The summed E-state index contributed by atoms with van der Waals surface area (Å²) in [7, 11) is -3.68. The molecule has 0 bridgehead atoms. The van der Waals surface area contributed by atoms with Gasteiger partial charge in [-0.2, -0.15) is 4.31 Å². The maximum absolute atomic E-state index is 12.4. The van der Waals surface area contributed by atoms with Gasteiger partial charge in [-0.05, 0) is 19.3 Å². The van der Waals surface area contributed by atoms with Gasteiger partial charge < -0.3 is 5.11 Å². The SMILES string of the molecule is O=C(SCCS(=O)(=O)N1CCCCC1C(=O)O)c1ccccc1. The minimum Gasteiger partial charge on any atom is -0.480 e. The Labute approximate surface area is 139 Å². The molecule has 1 aliphatic heterocycles. The van der Waals surface area contributed by atoms with Gasteiger partial charge in [-0.3, -0.25) is 9.59 Å². The third-order valence-electron chi connectivity index (χ3n) is 3.68. The Morgan fingerprint density at radius 3 is 2.57 bits per heavy atom. The quantitative estimate of drug-likeness (QED) is 0.835. The number of nitrogens with zero attached hydrogens (tertiary/aromatic N) is 1. The predicted molar refractivity (Wildman–Crippen MR) is 89.0 cm³/mol. The lowest BCUT2D eigenvalue weighted by atomic mass is 10.1. The third-order valence-corrected chi connectivity index (χ3v) is 6.72. The van der Waals surface area contributed by atoms with Gasteiger partial charge in [0.05, 0.1) is 5.75 Å². The summed E-state index contributed by atoms with van der Waals surface area (Å²) in [4.78, 5) is 23.2. The monoisotopic (exact) mass is 357 g/mol. The fraction of sp³-hybridized carbons (Fsp3) is 0.467. The first-order chi connectivity index (χ1) is 10.9. The van der Waals surface area contributed by atoms with Crippen LogP contribution in [0.3, 0.4) is 0 Å². The molecular weight excluding hydrogens is 338 g/mol. The maximum Gasteiger partial charge on any atom is 0.322 e. The number of thioether (sulfide) groups is 1. The predicted octanol–water partition coefficient (Wildman–Crippen LogP) is 1.83.